The van der Waals surface area contributed by atoms with Crippen LogP contribution in [-0.4, -0.2) is 13.3 Å². The first-order valence-electron chi connectivity index (χ1n) is 7.57. The lowest BCUT2D eigenvalue weighted by atomic mass is 9.86. The van der Waals surface area contributed by atoms with Crippen LogP contribution in [0.3, 0.4) is 0 Å². The second-order valence-corrected chi connectivity index (χ2v) is 6.88. The fourth-order valence-corrected chi connectivity index (χ4v) is 4.50. The Hall–Kier alpha value is -2.65. The molecule has 0 bridgehead atoms. The van der Waals surface area contributed by atoms with Gasteiger partial charge in [0.2, 0.25) is 10.3 Å². The number of fused-ring (bicyclic) bond motifs is 2. The standard InChI is InChI=1S/C20H12O2S/c21-23(22)17-11-10-13-6-2-8-15-14-7-1-4-12-5-3-9-16(18(12)14)20(17)19(13)15/h1-10H,11H2. The zero-order valence-corrected chi connectivity index (χ0v) is 13.0. The Morgan fingerprint density at radius 2 is 1.39 bits per heavy atom. The van der Waals surface area contributed by atoms with Crippen molar-refractivity contribution in [1.82, 2.24) is 0 Å². The van der Waals surface area contributed by atoms with Gasteiger partial charge in [-0.3, -0.25) is 0 Å². The van der Waals surface area contributed by atoms with E-state index in [9.17, 15) is 8.42 Å². The smallest absolute Gasteiger partial charge is 0.184 e. The Morgan fingerprint density at radius 3 is 2.13 bits per heavy atom. The average Bonchev–Trinajstić information content (AvgIpc) is 2.58. The molecule has 23 heavy (non-hydrogen) atoms. The minimum Gasteiger partial charge on any atom is -0.184 e. The summed E-state index contributed by atoms with van der Waals surface area (Å²) >= 11 is 0. The molecule has 2 nitrogen and oxygen atoms in total. The zero-order chi connectivity index (χ0) is 15.6. The highest BCUT2D eigenvalue weighted by atomic mass is 32.2. The van der Waals surface area contributed by atoms with Crippen molar-refractivity contribution in [2.45, 2.75) is 6.42 Å². The van der Waals surface area contributed by atoms with Crippen LogP contribution in [-0.2, 0) is 10.3 Å². The molecule has 1 aliphatic rings. The van der Waals surface area contributed by atoms with Crippen molar-refractivity contribution in [3.05, 3.63) is 65.4 Å². The predicted octanol–water partition coefficient (Wildman–Crippen LogP) is 3.45. The molecule has 0 fully saturated rings. The number of rotatable bonds is 0. The van der Waals surface area contributed by atoms with Gasteiger partial charge in [0.25, 0.3) is 0 Å². The Morgan fingerprint density at radius 1 is 0.739 bits per heavy atom. The van der Waals surface area contributed by atoms with Gasteiger partial charge in [-0.1, -0.05) is 60.7 Å². The summed E-state index contributed by atoms with van der Waals surface area (Å²) < 4.78 is 23.6. The molecule has 0 amide bonds. The Labute approximate surface area is 134 Å². The van der Waals surface area contributed by atoms with Crippen LogP contribution in [0.5, 0.6) is 0 Å². The van der Waals surface area contributed by atoms with Gasteiger partial charge in [0, 0.05) is 12.0 Å². The Kier molecular flexibility index (Phi) is 2.48. The Balaban J connectivity index is 2.29. The maximum absolute atomic E-state index is 11.8. The molecular formula is C20H12O2S. The zero-order valence-electron chi connectivity index (χ0n) is 12.2. The molecule has 4 aromatic rings. The van der Waals surface area contributed by atoms with Crippen molar-refractivity contribution in [3.8, 4) is 0 Å². The maximum Gasteiger partial charge on any atom is 0.218 e. The predicted molar refractivity (Wildman–Crippen MR) is 96.3 cm³/mol. The Bertz CT molecular complexity index is 1320. The van der Waals surface area contributed by atoms with Crippen LogP contribution >= 0.6 is 0 Å². The van der Waals surface area contributed by atoms with Crippen molar-refractivity contribution in [1.29, 1.82) is 0 Å². The molecule has 0 saturated heterocycles. The first-order valence-corrected chi connectivity index (χ1v) is 8.64. The van der Waals surface area contributed by atoms with E-state index in [-0.39, 0.29) is 0 Å². The van der Waals surface area contributed by atoms with Gasteiger partial charge in [-0.15, -0.1) is 0 Å². The summed E-state index contributed by atoms with van der Waals surface area (Å²) in [5, 5.41) is 7.83. The number of benzene rings is 4. The summed E-state index contributed by atoms with van der Waals surface area (Å²) in [6.45, 7) is 0. The molecule has 0 spiro atoms. The van der Waals surface area contributed by atoms with Crippen molar-refractivity contribution >= 4 is 53.6 Å². The second-order valence-electron chi connectivity index (χ2n) is 5.92. The largest absolute Gasteiger partial charge is 0.218 e. The molecule has 5 rings (SSSR count). The lowest BCUT2D eigenvalue weighted by Crippen LogP contribution is -2.16. The average molecular weight is 316 g/mol. The summed E-state index contributed by atoms with van der Waals surface area (Å²) in [7, 11) is -2.21. The molecule has 110 valence electrons. The molecule has 0 saturated carbocycles. The number of hydrogen-bond acceptors (Lipinski definition) is 2. The van der Waals surface area contributed by atoms with Crippen LogP contribution < -0.4 is 5.22 Å². The fraction of sp³-hybridized carbons (Fsp3) is 0.0500. The molecule has 0 radical (unpaired) electrons. The monoisotopic (exact) mass is 316 g/mol. The van der Waals surface area contributed by atoms with E-state index in [4.69, 9.17) is 0 Å². The summed E-state index contributed by atoms with van der Waals surface area (Å²) in [5.74, 6) is 0. The molecule has 0 N–H and O–H groups in total. The summed E-state index contributed by atoms with van der Waals surface area (Å²) in [4.78, 5) is 0.493. The van der Waals surface area contributed by atoms with Gasteiger partial charge >= 0.3 is 0 Å². The second kappa shape index (κ2) is 4.43. The van der Waals surface area contributed by atoms with E-state index < -0.39 is 10.3 Å². The van der Waals surface area contributed by atoms with Gasteiger partial charge in [-0.05, 0) is 37.5 Å². The van der Waals surface area contributed by atoms with E-state index in [1.807, 2.05) is 24.3 Å². The molecule has 4 aromatic carbocycles. The third kappa shape index (κ3) is 1.60. The fourth-order valence-electron chi connectivity index (χ4n) is 3.90. The van der Waals surface area contributed by atoms with Gasteiger partial charge in [0.1, 0.15) is 0 Å². The number of hydrogen-bond donors (Lipinski definition) is 0. The SMILES string of the molecule is O=S(=O)=C1CC=c2cccc3c2c1c1cccc2cccc3c21. The van der Waals surface area contributed by atoms with Gasteiger partial charge in [-0.25, -0.2) is 0 Å². The van der Waals surface area contributed by atoms with E-state index in [0.29, 0.717) is 11.3 Å². The molecule has 0 unspecified atom stereocenters. The molecule has 0 atom stereocenters. The van der Waals surface area contributed by atoms with E-state index in [1.165, 1.54) is 5.39 Å². The van der Waals surface area contributed by atoms with Crippen molar-refractivity contribution in [3.63, 3.8) is 0 Å². The van der Waals surface area contributed by atoms with Crippen molar-refractivity contribution < 1.29 is 8.42 Å². The summed E-state index contributed by atoms with van der Waals surface area (Å²) in [6.07, 6.45) is 2.47. The molecule has 3 heteroatoms. The van der Waals surface area contributed by atoms with Gasteiger partial charge in [0.05, 0.1) is 4.86 Å². The van der Waals surface area contributed by atoms with Gasteiger partial charge in [-0.2, -0.15) is 8.42 Å². The van der Waals surface area contributed by atoms with E-state index in [0.717, 1.165) is 37.7 Å². The quantitative estimate of drug-likeness (QED) is 0.283. The lowest BCUT2D eigenvalue weighted by molar-refractivity contribution is 0.627. The van der Waals surface area contributed by atoms with Crippen LogP contribution in [0.4, 0.5) is 0 Å². The summed E-state index contributed by atoms with van der Waals surface area (Å²) in [6, 6.07) is 18.6. The van der Waals surface area contributed by atoms with Crippen molar-refractivity contribution in [2.75, 3.05) is 0 Å². The topological polar surface area (TPSA) is 34.1 Å². The highest BCUT2D eigenvalue weighted by Crippen LogP contribution is 2.37. The van der Waals surface area contributed by atoms with Crippen molar-refractivity contribution in [2.24, 2.45) is 0 Å². The molecule has 1 aliphatic carbocycles. The van der Waals surface area contributed by atoms with Crippen LogP contribution in [0, 0.1) is 0 Å². The van der Waals surface area contributed by atoms with E-state index in [1.54, 1.807) is 0 Å². The molecule has 0 aromatic heterocycles. The first-order chi connectivity index (χ1) is 11.3. The molecule has 0 heterocycles. The van der Waals surface area contributed by atoms with Crippen LogP contribution in [0.15, 0.2) is 54.6 Å². The van der Waals surface area contributed by atoms with E-state index >= 15 is 0 Å². The molecule has 0 aliphatic heterocycles. The molecular weight excluding hydrogens is 304 g/mol. The van der Waals surface area contributed by atoms with Crippen LogP contribution in [0.1, 0.15) is 12.0 Å². The van der Waals surface area contributed by atoms with Gasteiger partial charge in [0.15, 0.2) is 0 Å². The third-order valence-electron chi connectivity index (χ3n) is 4.80. The highest BCUT2D eigenvalue weighted by Gasteiger charge is 2.20. The third-order valence-corrected chi connectivity index (χ3v) is 5.57. The lowest BCUT2D eigenvalue weighted by Gasteiger charge is -2.18. The highest BCUT2D eigenvalue weighted by molar-refractivity contribution is 7.73. The maximum atomic E-state index is 11.8. The summed E-state index contributed by atoms with van der Waals surface area (Å²) in [5.41, 5.74) is 0.885. The van der Waals surface area contributed by atoms with E-state index in [2.05, 4.69) is 36.4 Å². The minimum absolute atomic E-state index is 0.459. The minimum atomic E-state index is -2.21. The normalized spacial score (nSPS) is 13.7. The van der Waals surface area contributed by atoms with Crippen LogP contribution in [0.2, 0.25) is 0 Å². The van der Waals surface area contributed by atoms with Gasteiger partial charge < -0.3 is 0 Å². The first kappa shape index (κ1) is 12.9. The van der Waals surface area contributed by atoms with Crippen LogP contribution in [0.25, 0.3) is 38.4 Å².